The van der Waals surface area contributed by atoms with E-state index in [0.29, 0.717) is 42.7 Å². The molecular weight excluding hydrogens is 370 g/mol. The number of halogens is 2. The number of para-hydroxylation sites is 1. The molecule has 1 heterocycles. The lowest BCUT2D eigenvalue weighted by Crippen LogP contribution is -2.51. The Balaban J connectivity index is 1.45. The maximum absolute atomic E-state index is 13.7. The van der Waals surface area contributed by atoms with Crippen LogP contribution < -0.4 is 10.6 Å². The highest BCUT2D eigenvalue weighted by Crippen LogP contribution is 2.14. The number of rotatable bonds is 4. The van der Waals surface area contributed by atoms with Crippen molar-refractivity contribution in [2.24, 2.45) is 0 Å². The van der Waals surface area contributed by atoms with Crippen molar-refractivity contribution >= 4 is 34.6 Å². The second-order valence-electron chi connectivity index (χ2n) is 6.23. The van der Waals surface area contributed by atoms with E-state index < -0.39 is 5.82 Å². The lowest BCUT2D eigenvalue weighted by Gasteiger charge is -2.35. The molecule has 27 heavy (non-hydrogen) atoms. The highest BCUT2D eigenvalue weighted by molar-refractivity contribution is 7.80. The Bertz CT molecular complexity index is 825. The van der Waals surface area contributed by atoms with Gasteiger partial charge >= 0.3 is 0 Å². The van der Waals surface area contributed by atoms with E-state index in [4.69, 9.17) is 12.2 Å². The van der Waals surface area contributed by atoms with Crippen molar-refractivity contribution in [2.75, 3.05) is 43.4 Å². The van der Waals surface area contributed by atoms with Crippen LogP contribution >= 0.6 is 12.2 Å². The first kappa shape index (κ1) is 19.2. The Morgan fingerprint density at radius 3 is 2.44 bits per heavy atom. The number of hydrogen-bond acceptors (Lipinski definition) is 3. The first-order chi connectivity index (χ1) is 13.0. The van der Waals surface area contributed by atoms with Crippen LogP contribution in [0.1, 0.15) is 0 Å². The summed E-state index contributed by atoms with van der Waals surface area (Å²) in [4.78, 5) is 16.1. The maximum Gasteiger partial charge on any atom is 0.238 e. The fourth-order valence-corrected chi connectivity index (χ4v) is 3.13. The van der Waals surface area contributed by atoms with E-state index >= 15 is 0 Å². The molecule has 1 amide bonds. The van der Waals surface area contributed by atoms with Gasteiger partial charge in [0.15, 0.2) is 5.11 Å². The number of benzene rings is 2. The van der Waals surface area contributed by atoms with Gasteiger partial charge in [0, 0.05) is 31.9 Å². The van der Waals surface area contributed by atoms with Crippen molar-refractivity contribution in [3.63, 3.8) is 0 Å². The minimum Gasteiger partial charge on any atom is -0.346 e. The molecule has 0 spiro atoms. The summed E-state index contributed by atoms with van der Waals surface area (Å²) in [6, 6.07) is 12.2. The zero-order valence-corrected chi connectivity index (χ0v) is 15.4. The minimum atomic E-state index is -0.391. The van der Waals surface area contributed by atoms with Crippen molar-refractivity contribution in [1.82, 2.24) is 9.80 Å². The smallest absolute Gasteiger partial charge is 0.238 e. The molecule has 1 saturated heterocycles. The molecule has 1 aliphatic heterocycles. The van der Waals surface area contributed by atoms with Crippen molar-refractivity contribution in [3.05, 3.63) is 60.2 Å². The molecule has 2 aromatic rings. The monoisotopic (exact) mass is 390 g/mol. The summed E-state index contributed by atoms with van der Waals surface area (Å²) >= 11 is 5.36. The van der Waals surface area contributed by atoms with Crippen LogP contribution in [0.4, 0.5) is 20.2 Å². The van der Waals surface area contributed by atoms with Gasteiger partial charge in [0.1, 0.15) is 11.6 Å². The van der Waals surface area contributed by atoms with Crippen LogP contribution in [0.25, 0.3) is 0 Å². The number of nitrogens with zero attached hydrogens (tertiary/aromatic N) is 2. The topological polar surface area (TPSA) is 47.6 Å². The molecule has 0 radical (unpaired) electrons. The number of hydrogen-bond donors (Lipinski definition) is 2. The van der Waals surface area contributed by atoms with Crippen LogP contribution in [0.15, 0.2) is 48.5 Å². The number of piperazine rings is 1. The number of carbonyl (C=O) groups excluding carboxylic acids is 1. The van der Waals surface area contributed by atoms with Gasteiger partial charge in [0.2, 0.25) is 5.91 Å². The van der Waals surface area contributed by atoms with Crippen LogP contribution in [0.5, 0.6) is 0 Å². The van der Waals surface area contributed by atoms with Gasteiger partial charge in [-0.1, -0.05) is 18.2 Å². The number of thiocarbonyl (C=S) groups is 1. The van der Waals surface area contributed by atoms with E-state index in [1.807, 2.05) is 9.80 Å². The summed E-state index contributed by atoms with van der Waals surface area (Å²) < 4.78 is 26.9. The lowest BCUT2D eigenvalue weighted by molar-refractivity contribution is -0.117. The molecule has 142 valence electrons. The Morgan fingerprint density at radius 2 is 1.74 bits per heavy atom. The largest absolute Gasteiger partial charge is 0.346 e. The fraction of sp³-hybridized carbons (Fsp3) is 0.263. The predicted octanol–water partition coefficient (Wildman–Crippen LogP) is 2.92. The Hall–Kier alpha value is -2.58. The number of amides is 1. The van der Waals surface area contributed by atoms with Crippen molar-refractivity contribution in [2.45, 2.75) is 0 Å². The van der Waals surface area contributed by atoms with E-state index in [0.717, 1.165) is 0 Å². The van der Waals surface area contributed by atoms with Gasteiger partial charge in [-0.15, -0.1) is 0 Å². The molecule has 0 saturated carbocycles. The molecule has 0 bridgehead atoms. The third-order valence-corrected chi connectivity index (χ3v) is 4.61. The van der Waals surface area contributed by atoms with Crippen molar-refractivity contribution < 1.29 is 13.6 Å². The van der Waals surface area contributed by atoms with Crippen LogP contribution in [-0.2, 0) is 4.79 Å². The van der Waals surface area contributed by atoms with Gasteiger partial charge in [0.25, 0.3) is 0 Å². The molecule has 0 unspecified atom stereocenters. The fourth-order valence-electron chi connectivity index (χ4n) is 2.84. The number of anilines is 2. The highest BCUT2D eigenvalue weighted by Gasteiger charge is 2.21. The van der Waals surface area contributed by atoms with Crippen LogP contribution in [0.2, 0.25) is 0 Å². The third kappa shape index (κ3) is 5.45. The lowest BCUT2D eigenvalue weighted by atomic mass is 10.3. The summed E-state index contributed by atoms with van der Waals surface area (Å²) in [5, 5.41) is 6.07. The van der Waals surface area contributed by atoms with E-state index in [9.17, 15) is 13.6 Å². The second kappa shape index (κ2) is 8.88. The zero-order chi connectivity index (χ0) is 19.2. The molecule has 5 nitrogen and oxygen atoms in total. The van der Waals surface area contributed by atoms with Gasteiger partial charge in [-0.2, -0.15) is 0 Å². The molecule has 0 atom stereocenters. The molecule has 0 aliphatic carbocycles. The summed E-state index contributed by atoms with van der Waals surface area (Å²) in [6.45, 7) is 2.78. The summed E-state index contributed by atoms with van der Waals surface area (Å²) in [5.74, 6) is -0.939. The molecule has 0 aromatic heterocycles. The van der Waals surface area contributed by atoms with Gasteiger partial charge < -0.3 is 15.5 Å². The predicted molar refractivity (Wildman–Crippen MR) is 106 cm³/mol. The van der Waals surface area contributed by atoms with Crippen LogP contribution in [-0.4, -0.2) is 53.5 Å². The second-order valence-corrected chi connectivity index (χ2v) is 6.62. The Labute approximate surface area is 162 Å². The number of nitrogens with one attached hydrogen (secondary N) is 2. The standard InChI is InChI=1S/C19H20F2N4OS/c20-14-4-3-5-15(12-14)22-18(26)13-24-8-10-25(11-9-24)19(27)23-17-7-2-1-6-16(17)21/h1-7,12H,8-11,13H2,(H,22,26)(H,23,27). The number of carbonyl (C=O) groups is 1. The summed E-state index contributed by atoms with van der Waals surface area (Å²) in [5.41, 5.74) is 0.785. The molecule has 3 rings (SSSR count). The normalized spacial score (nSPS) is 14.7. The van der Waals surface area contributed by atoms with Gasteiger partial charge in [0.05, 0.1) is 12.2 Å². The van der Waals surface area contributed by atoms with Crippen molar-refractivity contribution in [1.29, 1.82) is 0 Å². The summed E-state index contributed by atoms with van der Waals surface area (Å²) in [6.07, 6.45) is 0. The van der Waals surface area contributed by atoms with Gasteiger partial charge in [-0.25, -0.2) is 8.78 Å². The zero-order valence-electron chi connectivity index (χ0n) is 14.6. The molecule has 1 fully saturated rings. The van der Waals surface area contributed by atoms with Gasteiger partial charge in [-0.3, -0.25) is 9.69 Å². The molecular formula is C19H20F2N4OS. The van der Waals surface area contributed by atoms with E-state index in [1.165, 1.54) is 18.2 Å². The average molecular weight is 390 g/mol. The quantitative estimate of drug-likeness (QED) is 0.787. The maximum atomic E-state index is 13.7. The third-order valence-electron chi connectivity index (χ3n) is 4.25. The first-order valence-corrected chi connectivity index (χ1v) is 9.00. The first-order valence-electron chi connectivity index (χ1n) is 8.59. The average Bonchev–Trinajstić information content (AvgIpc) is 2.64. The SMILES string of the molecule is O=C(CN1CCN(C(=S)Nc2ccccc2F)CC1)Nc1cccc(F)c1. The van der Waals surface area contributed by atoms with E-state index in [-0.39, 0.29) is 18.3 Å². The van der Waals surface area contributed by atoms with Crippen molar-refractivity contribution in [3.8, 4) is 0 Å². The highest BCUT2D eigenvalue weighted by atomic mass is 32.1. The van der Waals surface area contributed by atoms with E-state index in [2.05, 4.69) is 10.6 Å². The molecule has 2 aromatic carbocycles. The van der Waals surface area contributed by atoms with Crippen LogP contribution in [0, 0.1) is 11.6 Å². The van der Waals surface area contributed by atoms with Crippen LogP contribution in [0.3, 0.4) is 0 Å². The van der Waals surface area contributed by atoms with E-state index in [1.54, 1.807) is 30.3 Å². The Kier molecular flexibility index (Phi) is 6.31. The molecule has 2 N–H and O–H groups in total. The minimum absolute atomic E-state index is 0.193. The van der Waals surface area contributed by atoms with Gasteiger partial charge in [-0.05, 0) is 42.5 Å². The molecule has 1 aliphatic rings. The summed E-state index contributed by atoms with van der Waals surface area (Å²) in [7, 11) is 0. The molecule has 8 heteroatoms. The Morgan fingerprint density at radius 1 is 1.00 bits per heavy atom.